The van der Waals surface area contributed by atoms with Crippen molar-refractivity contribution in [2.45, 2.75) is 285 Å². The molecule has 0 amide bonds. The van der Waals surface area contributed by atoms with Crippen LogP contribution >= 0.6 is 0 Å². The molecule has 1 aromatic rings. The minimum absolute atomic E-state index is 0.313. The van der Waals surface area contributed by atoms with Gasteiger partial charge in [0.2, 0.25) is 0 Å². The summed E-state index contributed by atoms with van der Waals surface area (Å²) in [6.07, 6.45) is 52.7. The van der Waals surface area contributed by atoms with Gasteiger partial charge in [-0.25, -0.2) is 9.59 Å². The van der Waals surface area contributed by atoms with E-state index >= 15 is 0 Å². The van der Waals surface area contributed by atoms with E-state index in [2.05, 4.69) is 37.5 Å². The number of esters is 2. The first kappa shape index (κ1) is 62.1. The first-order valence-electron chi connectivity index (χ1n) is 29.4. The summed E-state index contributed by atoms with van der Waals surface area (Å²) < 4.78 is 11.5. The second-order valence-corrected chi connectivity index (χ2v) is 20.2. The minimum atomic E-state index is -0.424. The van der Waals surface area contributed by atoms with Gasteiger partial charge in [0.05, 0.1) is 24.3 Å². The fourth-order valence-corrected chi connectivity index (χ4v) is 9.45. The molecule has 0 aliphatic heterocycles. The quantitative estimate of drug-likeness (QED) is 0.0479. The van der Waals surface area contributed by atoms with Crippen molar-refractivity contribution in [3.05, 3.63) is 35.4 Å². The SMILES string of the molecule is CCCCCCCCCCCN(CCCCCCCCCCC)CCCCOC(=O)c1ccccc1C(=O)OCCCCN(CCCCCCCCCCC)CCCCCCCCCCC. The van der Waals surface area contributed by atoms with Gasteiger partial charge in [0.15, 0.2) is 0 Å². The Bertz CT molecular complexity index is 1040. The molecule has 0 unspecified atom stereocenters. The normalized spacial score (nSPS) is 11.6. The smallest absolute Gasteiger partial charge is 0.339 e. The van der Waals surface area contributed by atoms with E-state index in [0.29, 0.717) is 24.3 Å². The highest BCUT2D eigenvalue weighted by molar-refractivity contribution is 6.03. The van der Waals surface area contributed by atoms with E-state index in [9.17, 15) is 9.59 Å². The highest BCUT2D eigenvalue weighted by Crippen LogP contribution is 2.17. The summed E-state index contributed by atoms with van der Waals surface area (Å²) >= 11 is 0. The Hall–Kier alpha value is -1.92. The third-order valence-electron chi connectivity index (χ3n) is 13.9. The standard InChI is InChI=1S/C60H112N2O4/c1-5-9-13-17-21-25-29-33-39-49-61(50-40-34-30-26-22-18-14-10-6-2)53-43-45-55-65-59(63)57-47-37-38-48-58(57)60(64)66-56-46-44-54-62(51-41-35-31-27-23-19-15-11-7-3)52-42-36-32-28-24-20-16-12-8-4/h37-38,47-48H,5-36,39-46,49-56H2,1-4H3. The molecule has 1 rings (SSSR count). The first-order valence-corrected chi connectivity index (χ1v) is 29.4. The van der Waals surface area contributed by atoms with Crippen molar-refractivity contribution in [3.8, 4) is 0 Å². The van der Waals surface area contributed by atoms with Crippen LogP contribution in [0.2, 0.25) is 0 Å². The van der Waals surface area contributed by atoms with Crippen LogP contribution < -0.4 is 0 Å². The Morgan fingerprint density at radius 2 is 0.500 bits per heavy atom. The van der Waals surface area contributed by atoms with Crippen LogP contribution in [-0.4, -0.2) is 74.2 Å². The summed E-state index contributed by atoms with van der Waals surface area (Å²) in [5.74, 6) is -0.847. The van der Waals surface area contributed by atoms with E-state index in [1.54, 1.807) is 24.3 Å². The fraction of sp³-hybridized carbons (Fsp3) is 0.867. The molecular weight excluding hydrogens is 813 g/mol. The molecule has 386 valence electrons. The van der Waals surface area contributed by atoms with Crippen molar-refractivity contribution in [3.63, 3.8) is 0 Å². The number of ether oxygens (including phenoxy) is 2. The zero-order valence-corrected chi connectivity index (χ0v) is 44.8. The van der Waals surface area contributed by atoms with Crippen LogP contribution in [0.15, 0.2) is 24.3 Å². The summed E-state index contributed by atoms with van der Waals surface area (Å²) in [5.41, 5.74) is 0.626. The molecule has 0 aliphatic carbocycles. The lowest BCUT2D eigenvalue weighted by atomic mass is 10.1. The van der Waals surface area contributed by atoms with Crippen LogP contribution in [0.5, 0.6) is 0 Å². The summed E-state index contributed by atoms with van der Waals surface area (Å²) in [6.45, 7) is 16.8. The lowest BCUT2D eigenvalue weighted by Crippen LogP contribution is -2.27. The molecule has 0 spiro atoms. The zero-order chi connectivity index (χ0) is 47.6. The molecule has 6 heteroatoms. The first-order chi connectivity index (χ1) is 32.6. The number of benzene rings is 1. The molecule has 1 aromatic carbocycles. The van der Waals surface area contributed by atoms with Crippen LogP contribution in [0.4, 0.5) is 0 Å². The maximum Gasteiger partial charge on any atom is 0.339 e. The molecule has 66 heavy (non-hydrogen) atoms. The van der Waals surface area contributed by atoms with E-state index in [1.165, 1.54) is 257 Å². The second kappa shape index (κ2) is 49.5. The second-order valence-electron chi connectivity index (χ2n) is 20.2. The predicted octanol–water partition coefficient (Wildman–Crippen LogP) is 18.3. The Balaban J connectivity index is 2.50. The Kier molecular flexibility index (Phi) is 46.6. The third kappa shape index (κ3) is 39.0. The van der Waals surface area contributed by atoms with Gasteiger partial charge in [-0.05, 0) is 103 Å². The van der Waals surface area contributed by atoms with Crippen LogP contribution in [0.3, 0.4) is 0 Å². The van der Waals surface area contributed by atoms with Gasteiger partial charge in [-0.1, -0.05) is 245 Å². The van der Waals surface area contributed by atoms with Gasteiger partial charge in [0.1, 0.15) is 0 Å². The molecule has 0 radical (unpaired) electrons. The van der Waals surface area contributed by atoms with Crippen LogP contribution in [0.1, 0.15) is 305 Å². The largest absolute Gasteiger partial charge is 0.462 e. The number of carbonyl (C=O) groups is 2. The summed E-state index contributed by atoms with van der Waals surface area (Å²) in [5, 5.41) is 0. The number of nitrogens with zero attached hydrogens (tertiary/aromatic N) is 2. The van der Waals surface area contributed by atoms with Crippen molar-refractivity contribution in [2.24, 2.45) is 0 Å². The van der Waals surface area contributed by atoms with E-state index in [-0.39, 0.29) is 0 Å². The molecule has 0 N–H and O–H groups in total. The monoisotopic (exact) mass is 925 g/mol. The minimum Gasteiger partial charge on any atom is -0.462 e. The van der Waals surface area contributed by atoms with Crippen LogP contribution in [0, 0.1) is 0 Å². The number of carbonyl (C=O) groups excluding carboxylic acids is 2. The highest BCUT2D eigenvalue weighted by atomic mass is 16.5. The maximum absolute atomic E-state index is 13.3. The van der Waals surface area contributed by atoms with Crippen molar-refractivity contribution in [2.75, 3.05) is 52.5 Å². The Morgan fingerprint density at radius 1 is 0.303 bits per heavy atom. The molecule has 0 heterocycles. The van der Waals surface area contributed by atoms with Gasteiger partial charge in [0.25, 0.3) is 0 Å². The third-order valence-corrected chi connectivity index (χ3v) is 13.9. The van der Waals surface area contributed by atoms with E-state index in [4.69, 9.17) is 9.47 Å². The number of hydrogen-bond donors (Lipinski definition) is 0. The molecule has 0 aromatic heterocycles. The molecule has 0 aliphatic rings. The van der Waals surface area contributed by atoms with Gasteiger partial charge in [-0.15, -0.1) is 0 Å². The maximum atomic E-state index is 13.3. The van der Waals surface area contributed by atoms with E-state index < -0.39 is 11.9 Å². The van der Waals surface area contributed by atoms with Gasteiger partial charge in [-0.2, -0.15) is 0 Å². The molecular formula is C60H112N2O4. The van der Waals surface area contributed by atoms with Crippen molar-refractivity contribution in [1.29, 1.82) is 0 Å². The van der Waals surface area contributed by atoms with Crippen LogP contribution in [0.25, 0.3) is 0 Å². The van der Waals surface area contributed by atoms with Gasteiger partial charge >= 0.3 is 11.9 Å². The fourth-order valence-electron chi connectivity index (χ4n) is 9.45. The van der Waals surface area contributed by atoms with E-state index in [1.807, 2.05) is 0 Å². The summed E-state index contributed by atoms with van der Waals surface area (Å²) in [4.78, 5) is 31.9. The topological polar surface area (TPSA) is 59.1 Å². The number of rotatable bonds is 52. The molecule has 6 nitrogen and oxygen atoms in total. The average Bonchev–Trinajstić information content (AvgIpc) is 3.33. The summed E-state index contributed by atoms with van der Waals surface area (Å²) in [6, 6.07) is 7.02. The predicted molar refractivity (Wildman–Crippen MR) is 287 cm³/mol. The molecule has 0 saturated heterocycles. The van der Waals surface area contributed by atoms with Gasteiger partial charge in [0, 0.05) is 0 Å². The highest BCUT2D eigenvalue weighted by Gasteiger charge is 2.19. The lowest BCUT2D eigenvalue weighted by Gasteiger charge is -2.22. The van der Waals surface area contributed by atoms with Crippen molar-refractivity contribution >= 4 is 11.9 Å². The van der Waals surface area contributed by atoms with Gasteiger partial charge < -0.3 is 19.3 Å². The number of unbranched alkanes of at least 4 members (excludes halogenated alkanes) is 34. The Morgan fingerprint density at radius 3 is 0.727 bits per heavy atom. The summed E-state index contributed by atoms with van der Waals surface area (Å²) in [7, 11) is 0. The van der Waals surface area contributed by atoms with E-state index in [0.717, 1.165) is 38.8 Å². The molecule has 0 bridgehead atoms. The number of hydrogen-bond acceptors (Lipinski definition) is 6. The molecule has 0 saturated carbocycles. The van der Waals surface area contributed by atoms with Gasteiger partial charge in [-0.3, -0.25) is 0 Å². The Labute approximate surface area is 411 Å². The lowest BCUT2D eigenvalue weighted by molar-refractivity contribution is 0.0448. The van der Waals surface area contributed by atoms with Crippen molar-refractivity contribution < 1.29 is 19.1 Å². The molecule has 0 fully saturated rings. The van der Waals surface area contributed by atoms with Crippen molar-refractivity contribution in [1.82, 2.24) is 9.80 Å². The average molecular weight is 926 g/mol. The zero-order valence-electron chi connectivity index (χ0n) is 44.8. The molecule has 0 atom stereocenters. The van der Waals surface area contributed by atoms with Crippen LogP contribution in [-0.2, 0) is 9.47 Å².